The zero-order valence-electron chi connectivity index (χ0n) is 12.4. The van der Waals surface area contributed by atoms with Crippen LogP contribution in [-0.4, -0.2) is 38.4 Å². The van der Waals surface area contributed by atoms with Crippen LogP contribution in [0, 0.1) is 0 Å². The summed E-state index contributed by atoms with van der Waals surface area (Å²) in [4.78, 5) is 11.5. The van der Waals surface area contributed by atoms with Crippen molar-refractivity contribution in [3.05, 3.63) is 29.8 Å². The van der Waals surface area contributed by atoms with E-state index in [9.17, 15) is 13.2 Å². The number of carbonyl (C=O) groups excluding carboxylic acids is 1. The number of nitrogens with zero attached hydrogens (tertiary/aromatic N) is 1. The maximum Gasteiger partial charge on any atom is 0.309 e. The zero-order chi connectivity index (χ0) is 15.5. The van der Waals surface area contributed by atoms with Crippen molar-refractivity contribution in [2.24, 2.45) is 0 Å². The van der Waals surface area contributed by atoms with Crippen LogP contribution in [-0.2, 0) is 26.0 Å². The van der Waals surface area contributed by atoms with Crippen molar-refractivity contribution in [1.29, 1.82) is 0 Å². The van der Waals surface area contributed by atoms with E-state index in [4.69, 9.17) is 0 Å². The molecule has 1 aromatic rings. The second-order valence-electron chi connectivity index (χ2n) is 5.36. The standard InChI is InChI=1S/C15H21NO4S/c1-12-5-3-4-10-16(12)21(18,19)14-8-6-13(7-9-14)11-15(17)20-2/h6-9,12H,3-5,10-11H2,1-2H3. The van der Waals surface area contributed by atoms with Crippen LogP contribution in [0.5, 0.6) is 0 Å². The Bertz CT molecular complexity index is 595. The number of carbonyl (C=O) groups is 1. The molecule has 1 saturated heterocycles. The molecule has 116 valence electrons. The lowest BCUT2D eigenvalue weighted by Crippen LogP contribution is -2.41. The Labute approximate surface area is 126 Å². The van der Waals surface area contributed by atoms with Crippen molar-refractivity contribution < 1.29 is 17.9 Å². The van der Waals surface area contributed by atoms with Gasteiger partial charge in [0.1, 0.15) is 0 Å². The number of esters is 1. The zero-order valence-corrected chi connectivity index (χ0v) is 13.2. The number of hydrogen-bond acceptors (Lipinski definition) is 4. The lowest BCUT2D eigenvalue weighted by atomic mass is 10.1. The van der Waals surface area contributed by atoms with Crippen LogP contribution in [0.4, 0.5) is 0 Å². The van der Waals surface area contributed by atoms with Crippen molar-refractivity contribution in [2.45, 2.75) is 43.5 Å². The summed E-state index contributed by atoms with van der Waals surface area (Å²) in [5, 5.41) is 0. The molecule has 0 bridgehead atoms. The Morgan fingerprint density at radius 1 is 1.29 bits per heavy atom. The van der Waals surface area contributed by atoms with Gasteiger partial charge in [-0.2, -0.15) is 4.31 Å². The number of ether oxygens (including phenoxy) is 1. The first-order chi connectivity index (χ1) is 9.95. The van der Waals surface area contributed by atoms with Gasteiger partial charge in [0.15, 0.2) is 0 Å². The van der Waals surface area contributed by atoms with Crippen molar-refractivity contribution in [2.75, 3.05) is 13.7 Å². The number of methoxy groups -OCH3 is 1. The maximum absolute atomic E-state index is 12.6. The van der Waals surface area contributed by atoms with Gasteiger partial charge in [0, 0.05) is 12.6 Å². The summed E-state index contributed by atoms with van der Waals surface area (Å²) in [6.45, 7) is 2.52. The molecule has 1 aromatic carbocycles. The van der Waals surface area contributed by atoms with Gasteiger partial charge < -0.3 is 4.74 Å². The minimum absolute atomic E-state index is 0.0403. The molecule has 0 amide bonds. The Morgan fingerprint density at radius 2 is 1.95 bits per heavy atom. The first-order valence-corrected chi connectivity index (χ1v) is 8.57. The van der Waals surface area contributed by atoms with Crippen molar-refractivity contribution in [3.8, 4) is 0 Å². The second-order valence-corrected chi connectivity index (χ2v) is 7.25. The minimum atomic E-state index is -3.44. The molecule has 0 N–H and O–H groups in total. The Kier molecular flexibility index (Phi) is 5.00. The molecule has 1 fully saturated rings. The maximum atomic E-state index is 12.6. The molecule has 5 nitrogen and oxygen atoms in total. The van der Waals surface area contributed by atoms with E-state index in [1.165, 1.54) is 7.11 Å². The molecule has 21 heavy (non-hydrogen) atoms. The van der Waals surface area contributed by atoms with Crippen LogP contribution in [0.1, 0.15) is 31.7 Å². The summed E-state index contributed by atoms with van der Waals surface area (Å²) < 4.78 is 31.4. The second kappa shape index (κ2) is 6.58. The first kappa shape index (κ1) is 16.0. The summed E-state index contributed by atoms with van der Waals surface area (Å²) in [7, 11) is -2.11. The predicted molar refractivity (Wildman–Crippen MR) is 79.4 cm³/mol. The Morgan fingerprint density at radius 3 is 2.52 bits per heavy atom. The molecule has 0 radical (unpaired) electrons. The summed E-state index contributed by atoms with van der Waals surface area (Å²) >= 11 is 0. The van der Waals surface area contributed by atoms with Crippen molar-refractivity contribution in [3.63, 3.8) is 0 Å². The quantitative estimate of drug-likeness (QED) is 0.798. The van der Waals surface area contributed by atoms with Crippen molar-refractivity contribution in [1.82, 2.24) is 4.31 Å². The van der Waals surface area contributed by atoms with E-state index in [-0.39, 0.29) is 23.3 Å². The van der Waals surface area contributed by atoms with Gasteiger partial charge in [0.05, 0.1) is 18.4 Å². The fourth-order valence-electron chi connectivity index (χ4n) is 2.58. The van der Waals surface area contributed by atoms with Gasteiger partial charge in [0.25, 0.3) is 0 Å². The minimum Gasteiger partial charge on any atom is -0.469 e. The van der Waals surface area contributed by atoms with Crippen LogP contribution >= 0.6 is 0 Å². The molecule has 0 aromatic heterocycles. The van der Waals surface area contributed by atoms with E-state index >= 15 is 0 Å². The van der Waals surface area contributed by atoms with Gasteiger partial charge in [-0.25, -0.2) is 8.42 Å². The highest BCUT2D eigenvalue weighted by molar-refractivity contribution is 7.89. The predicted octanol–water partition coefficient (Wildman–Crippen LogP) is 1.97. The lowest BCUT2D eigenvalue weighted by molar-refractivity contribution is -0.139. The fourth-order valence-corrected chi connectivity index (χ4v) is 4.28. The van der Waals surface area contributed by atoms with E-state index in [1.54, 1.807) is 28.6 Å². The lowest BCUT2D eigenvalue weighted by Gasteiger charge is -2.32. The van der Waals surface area contributed by atoms with Crippen molar-refractivity contribution >= 4 is 16.0 Å². The van der Waals surface area contributed by atoms with Gasteiger partial charge in [-0.1, -0.05) is 18.6 Å². The van der Waals surface area contributed by atoms with Gasteiger partial charge >= 0.3 is 5.97 Å². The van der Waals surface area contributed by atoms with E-state index in [0.29, 0.717) is 6.54 Å². The van der Waals surface area contributed by atoms with Crippen LogP contribution in [0.3, 0.4) is 0 Å². The smallest absolute Gasteiger partial charge is 0.309 e. The largest absolute Gasteiger partial charge is 0.469 e. The van der Waals surface area contributed by atoms with E-state index in [1.807, 2.05) is 6.92 Å². The number of benzene rings is 1. The normalized spacial score (nSPS) is 20.2. The van der Waals surface area contributed by atoms with Crippen LogP contribution < -0.4 is 0 Å². The van der Waals surface area contributed by atoms with Crippen LogP contribution in [0.25, 0.3) is 0 Å². The molecule has 1 heterocycles. The average Bonchev–Trinajstić information content (AvgIpc) is 2.48. The van der Waals surface area contributed by atoms with Gasteiger partial charge in [-0.15, -0.1) is 0 Å². The molecule has 0 spiro atoms. The molecule has 1 unspecified atom stereocenters. The topological polar surface area (TPSA) is 63.7 Å². The van der Waals surface area contributed by atoms with Crippen LogP contribution in [0.15, 0.2) is 29.2 Å². The highest BCUT2D eigenvalue weighted by Gasteiger charge is 2.30. The number of sulfonamides is 1. The SMILES string of the molecule is COC(=O)Cc1ccc(S(=O)(=O)N2CCCCC2C)cc1. The Balaban J connectivity index is 2.18. The van der Waals surface area contributed by atoms with Gasteiger partial charge in [-0.3, -0.25) is 4.79 Å². The van der Waals surface area contributed by atoms with Crippen LogP contribution in [0.2, 0.25) is 0 Å². The molecular weight excluding hydrogens is 290 g/mol. The fraction of sp³-hybridized carbons (Fsp3) is 0.533. The molecule has 1 aliphatic heterocycles. The summed E-state index contributed by atoms with van der Waals surface area (Å²) in [5.41, 5.74) is 0.743. The van der Waals surface area contributed by atoms with Gasteiger partial charge in [0.2, 0.25) is 10.0 Å². The van der Waals surface area contributed by atoms with Gasteiger partial charge in [-0.05, 0) is 37.5 Å². The molecule has 1 atom stereocenters. The summed E-state index contributed by atoms with van der Waals surface area (Å²) in [6, 6.07) is 6.50. The highest BCUT2D eigenvalue weighted by atomic mass is 32.2. The molecular formula is C15H21NO4S. The van der Waals surface area contributed by atoms with E-state index < -0.39 is 10.0 Å². The Hall–Kier alpha value is -1.40. The number of rotatable bonds is 4. The number of hydrogen-bond donors (Lipinski definition) is 0. The highest BCUT2D eigenvalue weighted by Crippen LogP contribution is 2.25. The monoisotopic (exact) mass is 311 g/mol. The third kappa shape index (κ3) is 3.63. The summed E-state index contributed by atoms with van der Waals surface area (Å²) in [5.74, 6) is -0.338. The van der Waals surface area contributed by atoms with E-state index in [0.717, 1.165) is 24.8 Å². The molecule has 2 rings (SSSR count). The molecule has 0 saturated carbocycles. The first-order valence-electron chi connectivity index (χ1n) is 7.13. The molecule has 1 aliphatic rings. The average molecular weight is 311 g/mol. The summed E-state index contributed by atoms with van der Waals surface area (Å²) in [6.07, 6.45) is 3.03. The number of piperidine rings is 1. The van der Waals surface area contributed by atoms with E-state index in [2.05, 4.69) is 4.74 Å². The third-order valence-electron chi connectivity index (χ3n) is 3.85. The third-order valence-corrected chi connectivity index (χ3v) is 5.88. The molecule has 6 heteroatoms. The molecule has 0 aliphatic carbocycles.